The van der Waals surface area contributed by atoms with Crippen molar-refractivity contribution in [2.45, 2.75) is 19.9 Å². The molecule has 0 bridgehead atoms. The maximum absolute atomic E-state index is 12.7. The number of carbonyl (C=O) groups is 2. The highest BCUT2D eigenvalue weighted by Gasteiger charge is 2.15. The van der Waals surface area contributed by atoms with E-state index in [1.54, 1.807) is 40.9 Å². The lowest BCUT2D eigenvalue weighted by Gasteiger charge is -2.05. The SMILES string of the molecule is [C-]#[N+]/C(=C\c1cc2sc(-c3ccc4c(c3)c3ccccc3n4CC)cc2s1)C(=O)CCOc1ccc(C(=O)O)cc1. The number of hydrogen-bond acceptors (Lipinski definition) is 5. The van der Waals surface area contributed by atoms with Gasteiger partial charge in [-0.05, 0) is 73.2 Å². The molecule has 202 valence electrons. The first-order valence-electron chi connectivity index (χ1n) is 13.1. The van der Waals surface area contributed by atoms with Crippen LogP contribution in [0.1, 0.15) is 28.6 Å². The second kappa shape index (κ2) is 11.0. The summed E-state index contributed by atoms with van der Waals surface area (Å²) in [7, 11) is 0. The Morgan fingerprint density at radius 3 is 2.44 bits per heavy atom. The van der Waals surface area contributed by atoms with Gasteiger partial charge in [-0.2, -0.15) is 0 Å². The molecule has 0 aliphatic carbocycles. The predicted octanol–water partition coefficient (Wildman–Crippen LogP) is 8.75. The maximum Gasteiger partial charge on any atom is 0.335 e. The van der Waals surface area contributed by atoms with Crippen LogP contribution in [0.15, 0.2) is 84.6 Å². The van der Waals surface area contributed by atoms with Crippen molar-refractivity contribution in [3.8, 4) is 16.2 Å². The molecule has 3 aromatic carbocycles. The van der Waals surface area contributed by atoms with Crippen LogP contribution in [-0.4, -0.2) is 28.0 Å². The molecule has 0 atom stereocenters. The number of fused-ring (bicyclic) bond motifs is 4. The number of benzene rings is 3. The third kappa shape index (κ3) is 5.13. The van der Waals surface area contributed by atoms with Crippen LogP contribution < -0.4 is 4.74 Å². The van der Waals surface area contributed by atoms with E-state index in [1.807, 2.05) is 6.07 Å². The number of para-hydroxylation sites is 1. The number of aromatic carboxylic acids is 1. The number of ether oxygens (including phenoxy) is 1. The Labute approximate surface area is 244 Å². The van der Waals surface area contributed by atoms with Gasteiger partial charge < -0.3 is 19.2 Å². The minimum absolute atomic E-state index is 0.0513. The molecule has 6 nitrogen and oxygen atoms in total. The molecule has 0 saturated heterocycles. The lowest BCUT2D eigenvalue weighted by atomic mass is 10.1. The number of carboxylic acids is 1. The van der Waals surface area contributed by atoms with Gasteiger partial charge in [0.15, 0.2) is 5.78 Å². The molecule has 0 fully saturated rings. The lowest BCUT2D eigenvalue weighted by Crippen LogP contribution is -2.07. The summed E-state index contributed by atoms with van der Waals surface area (Å²) >= 11 is 3.28. The van der Waals surface area contributed by atoms with Crippen molar-refractivity contribution >= 4 is 71.7 Å². The van der Waals surface area contributed by atoms with Crippen LogP contribution in [0.5, 0.6) is 5.75 Å². The van der Waals surface area contributed by atoms with Gasteiger partial charge in [0.25, 0.3) is 0 Å². The van der Waals surface area contributed by atoms with Gasteiger partial charge in [0.05, 0.1) is 18.7 Å². The number of aryl methyl sites for hydroxylation is 1. The van der Waals surface area contributed by atoms with E-state index in [0.29, 0.717) is 5.75 Å². The number of thiophene rings is 2. The molecular weight excluding hydrogens is 553 g/mol. The fourth-order valence-electron chi connectivity index (χ4n) is 5.01. The van der Waals surface area contributed by atoms with Crippen LogP contribution in [0, 0.1) is 6.57 Å². The van der Waals surface area contributed by atoms with Gasteiger partial charge in [-0.3, -0.25) is 0 Å². The van der Waals surface area contributed by atoms with E-state index in [2.05, 4.69) is 64.9 Å². The van der Waals surface area contributed by atoms with Crippen LogP contribution in [0.25, 0.3) is 52.6 Å². The number of ketones is 1. The highest BCUT2D eigenvalue weighted by molar-refractivity contribution is 7.29. The molecule has 0 aliphatic rings. The number of carboxylic acid groups (broad SMARTS) is 1. The standard InChI is InChI=1S/C33H24N2O4S2/c1-3-35-27-7-5-4-6-24(27)25-16-21(10-13-28(25)35)30-19-32-31(41-30)18-23(40-32)17-26(34-2)29(36)14-15-39-22-11-8-20(9-12-22)33(37)38/h4-13,16-19H,3,14-15H2,1H3,(H,37,38)/b26-17-. The van der Waals surface area contributed by atoms with Gasteiger partial charge in [-0.1, -0.05) is 24.3 Å². The van der Waals surface area contributed by atoms with E-state index in [1.165, 1.54) is 44.4 Å². The number of carbonyl (C=O) groups excluding carboxylic acids is 1. The highest BCUT2D eigenvalue weighted by Crippen LogP contribution is 2.41. The number of allylic oxidation sites excluding steroid dienone is 1. The van der Waals surface area contributed by atoms with Crippen LogP contribution in [0.4, 0.5) is 0 Å². The third-order valence-electron chi connectivity index (χ3n) is 6.98. The molecule has 8 heteroatoms. The molecule has 0 radical (unpaired) electrons. The van der Waals surface area contributed by atoms with Crippen LogP contribution in [0.3, 0.4) is 0 Å². The molecule has 41 heavy (non-hydrogen) atoms. The Morgan fingerprint density at radius 1 is 0.951 bits per heavy atom. The summed E-state index contributed by atoms with van der Waals surface area (Å²) in [6, 6.07) is 25.4. The van der Waals surface area contributed by atoms with Crippen molar-refractivity contribution < 1.29 is 19.4 Å². The van der Waals surface area contributed by atoms with E-state index in [-0.39, 0.29) is 30.1 Å². The van der Waals surface area contributed by atoms with Crippen LogP contribution in [-0.2, 0) is 11.3 Å². The smallest absolute Gasteiger partial charge is 0.335 e. The average molecular weight is 577 g/mol. The number of rotatable bonds is 9. The van der Waals surface area contributed by atoms with Crippen molar-refractivity contribution in [1.82, 2.24) is 4.57 Å². The quantitative estimate of drug-likeness (QED) is 0.138. The van der Waals surface area contributed by atoms with Crippen molar-refractivity contribution in [3.05, 3.63) is 106 Å². The summed E-state index contributed by atoms with van der Waals surface area (Å²) in [5.41, 5.74) is 3.90. The molecule has 3 heterocycles. The summed E-state index contributed by atoms with van der Waals surface area (Å²) in [5, 5.41) is 11.5. The molecule has 0 aliphatic heterocycles. The van der Waals surface area contributed by atoms with Crippen molar-refractivity contribution in [1.29, 1.82) is 0 Å². The zero-order chi connectivity index (χ0) is 28.5. The molecule has 1 N–H and O–H groups in total. The molecule has 0 amide bonds. The summed E-state index contributed by atoms with van der Waals surface area (Å²) in [6.45, 7) is 10.7. The highest BCUT2D eigenvalue weighted by atomic mass is 32.1. The number of nitrogens with zero attached hydrogens (tertiary/aromatic N) is 2. The number of Topliss-reactive ketones (excluding diaryl/α,β-unsaturated/α-hetero) is 1. The molecule has 6 rings (SSSR count). The number of aromatic nitrogens is 1. The van der Waals surface area contributed by atoms with Crippen molar-refractivity contribution in [2.24, 2.45) is 0 Å². The Morgan fingerprint density at radius 2 is 1.71 bits per heavy atom. The Hall–Kier alpha value is -4.71. The molecule has 0 spiro atoms. The molecular formula is C33H24N2O4S2. The van der Waals surface area contributed by atoms with E-state index >= 15 is 0 Å². The fraction of sp³-hybridized carbons (Fsp3) is 0.121. The summed E-state index contributed by atoms with van der Waals surface area (Å²) < 4.78 is 10.2. The minimum Gasteiger partial charge on any atom is -0.493 e. The summed E-state index contributed by atoms with van der Waals surface area (Å²) in [4.78, 5) is 29.2. The average Bonchev–Trinajstić information content (AvgIpc) is 3.65. The van der Waals surface area contributed by atoms with E-state index in [4.69, 9.17) is 16.4 Å². The fourth-order valence-corrected chi connectivity index (χ4v) is 7.35. The van der Waals surface area contributed by atoms with Gasteiger partial charge >= 0.3 is 5.97 Å². The van der Waals surface area contributed by atoms with Gasteiger partial charge in [-0.25, -0.2) is 9.64 Å². The number of hydrogen-bond donors (Lipinski definition) is 1. The van der Waals surface area contributed by atoms with Crippen molar-refractivity contribution in [3.63, 3.8) is 0 Å². The summed E-state index contributed by atoms with van der Waals surface area (Å²) in [6.07, 6.45) is 1.70. The first-order valence-corrected chi connectivity index (χ1v) is 14.7. The van der Waals surface area contributed by atoms with E-state index < -0.39 is 5.97 Å². The van der Waals surface area contributed by atoms with Gasteiger partial charge in [0.2, 0.25) is 5.70 Å². The lowest BCUT2D eigenvalue weighted by molar-refractivity contribution is -0.115. The molecule has 0 saturated carbocycles. The first-order chi connectivity index (χ1) is 19.9. The second-order valence-electron chi connectivity index (χ2n) is 9.47. The van der Waals surface area contributed by atoms with Crippen LogP contribution in [0.2, 0.25) is 0 Å². The van der Waals surface area contributed by atoms with Gasteiger partial charge in [0.1, 0.15) is 5.75 Å². The van der Waals surface area contributed by atoms with Crippen molar-refractivity contribution in [2.75, 3.05) is 6.61 Å². The Balaban J connectivity index is 1.18. The van der Waals surface area contributed by atoms with Crippen LogP contribution >= 0.6 is 22.7 Å². The first kappa shape index (κ1) is 26.5. The molecule has 3 aromatic heterocycles. The molecule has 6 aromatic rings. The van der Waals surface area contributed by atoms with Gasteiger partial charge in [0, 0.05) is 53.9 Å². The Bertz CT molecular complexity index is 1990. The topological polar surface area (TPSA) is 72.9 Å². The van der Waals surface area contributed by atoms with Gasteiger partial charge in [-0.15, -0.1) is 22.7 Å². The largest absolute Gasteiger partial charge is 0.493 e. The maximum atomic E-state index is 12.7. The Kier molecular flexibility index (Phi) is 7.14. The second-order valence-corrected chi connectivity index (χ2v) is 11.7. The monoisotopic (exact) mass is 576 g/mol. The third-order valence-corrected chi connectivity index (χ3v) is 9.27. The zero-order valence-corrected chi connectivity index (χ0v) is 23.7. The molecule has 0 unspecified atom stereocenters. The zero-order valence-electron chi connectivity index (χ0n) is 22.1. The normalized spacial score (nSPS) is 11.8. The van der Waals surface area contributed by atoms with E-state index in [0.717, 1.165) is 20.8 Å². The predicted molar refractivity (Wildman–Crippen MR) is 167 cm³/mol. The van der Waals surface area contributed by atoms with E-state index in [9.17, 15) is 9.59 Å². The summed E-state index contributed by atoms with van der Waals surface area (Å²) in [5.74, 6) is -0.832. The minimum atomic E-state index is -1.01.